The number of hydrogen-bond donors (Lipinski definition) is 20. The third-order valence-corrected chi connectivity index (χ3v) is 28.2. The Labute approximate surface area is 641 Å². The fourth-order valence-electron chi connectivity index (χ4n) is 21.0. The Balaban J connectivity index is 0.709. The summed E-state index contributed by atoms with van der Waals surface area (Å²) < 4.78 is 95.4. The van der Waals surface area contributed by atoms with E-state index in [0.717, 1.165) is 18.4 Å². The monoisotopic (exact) mass is 1600 g/mol. The zero-order valence-corrected chi connectivity index (χ0v) is 63.9. The summed E-state index contributed by atoms with van der Waals surface area (Å²) in [4.78, 5) is 16.0. The van der Waals surface area contributed by atoms with Crippen LogP contribution in [0.15, 0.2) is 11.6 Å². The van der Waals surface area contributed by atoms with Gasteiger partial charge in [0, 0.05) is 0 Å². The van der Waals surface area contributed by atoms with E-state index in [1.165, 1.54) is 13.8 Å². The summed E-state index contributed by atoms with van der Waals surface area (Å²) in [7, 11) is 0. The van der Waals surface area contributed by atoms with Gasteiger partial charge < -0.3 is 178 Å². The molecular formula is C74H120O37. The summed E-state index contributed by atoms with van der Waals surface area (Å²) in [5.74, 6) is -0.989. The minimum atomic E-state index is -2.07. The van der Waals surface area contributed by atoms with Gasteiger partial charge in [0.2, 0.25) is 6.29 Å². The number of aliphatic hydroxyl groups excluding tert-OH is 20. The molecule has 20 N–H and O–H groups in total. The Bertz CT molecular complexity index is 3180. The molecule has 13 rings (SSSR count). The molecule has 111 heavy (non-hydrogen) atoms. The maximum atomic E-state index is 16.0. The number of aliphatic hydroxyl groups is 20. The highest BCUT2D eigenvalue weighted by Crippen LogP contribution is 2.76. The van der Waals surface area contributed by atoms with Crippen LogP contribution in [0.4, 0.5) is 0 Å². The van der Waals surface area contributed by atoms with Crippen molar-refractivity contribution in [2.75, 3.05) is 39.6 Å². The Morgan fingerprint density at radius 3 is 1.51 bits per heavy atom. The van der Waals surface area contributed by atoms with Gasteiger partial charge in [-0.1, -0.05) is 60.1 Å². The Kier molecular flexibility index (Phi) is 25.8. The van der Waals surface area contributed by atoms with Crippen molar-refractivity contribution in [3.05, 3.63) is 11.6 Å². The van der Waals surface area contributed by atoms with Gasteiger partial charge in [-0.2, -0.15) is 0 Å². The van der Waals surface area contributed by atoms with Gasteiger partial charge in [0.25, 0.3) is 0 Å². The van der Waals surface area contributed by atoms with Crippen LogP contribution >= 0.6 is 0 Å². The maximum Gasteiger partial charge on any atom is 0.315 e. The van der Waals surface area contributed by atoms with Gasteiger partial charge in [0.15, 0.2) is 50.1 Å². The third kappa shape index (κ3) is 15.8. The Morgan fingerprint density at radius 2 is 0.874 bits per heavy atom. The summed E-state index contributed by atoms with van der Waals surface area (Å²) >= 11 is 0. The highest BCUT2D eigenvalue weighted by molar-refractivity contribution is 5.79. The molecule has 638 valence electrons. The number of ether oxygens (including phenoxy) is 16. The average Bonchev–Trinajstić information content (AvgIpc) is 0.674. The van der Waals surface area contributed by atoms with Crippen LogP contribution in [-0.4, -0.2) is 375 Å². The first-order valence-electron chi connectivity index (χ1n) is 39.2. The molecular weight excluding hydrogens is 1480 g/mol. The number of carbonyl (C=O) groups excluding carboxylic acids is 1. The summed E-state index contributed by atoms with van der Waals surface area (Å²) in [6.45, 7) is 15.4. The highest BCUT2D eigenvalue weighted by Gasteiger charge is 2.71. The van der Waals surface area contributed by atoms with Gasteiger partial charge in [0.1, 0.15) is 153 Å². The van der Waals surface area contributed by atoms with Gasteiger partial charge in [0.05, 0.1) is 63.4 Å². The van der Waals surface area contributed by atoms with Gasteiger partial charge >= 0.3 is 5.97 Å². The summed E-state index contributed by atoms with van der Waals surface area (Å²) in [6, 6.07) is 0. The molecule has 37 heteroatoms. The van der Waals surface area contributed by atoms with Gasteiger partial charge in [-0.05, 0) is 123 Å². The molecule has 8 saturated heterocycles. The second-order valence-electron chi connectivity index (χ2n) is 35.8. The standard InChI is InChI=1S/C74H120O37/c1-27-40(79)46(85)52(91)60(102-27)100-25-36-45(84)48(87)59(110-64-54(93)49(88)56(28(2)103-64)107-63-55(94)57(34(78)24-98-63)108-61-50(89)41(80)31(75)21-96-61)67(105-36)111-68(95)74-18-16-69(3,4)20-30(74)29-10-11-38-71(7)14-13-39(70(5,6)37(71)12-15-73(38,9)72(29,8)17-19-74)106-65-53(92)47(86)44(83)35(104-65)26-101-66-58(43(82)33(77)23-99-66)109-62-51(90)42(81)32(76)22-97-62/h10,27-28,30-67,75-94H,11-26H2,1-9H3/t27-,28-,30-,31+,32+,33+,34+,35+,36+,37-,38+,39-,40-,41-,42-,43-,44+,45+,46+,47-,48-,49+,50+,51+,52+,53+,54+,55+,56-,57-,58-,59+,60+,61-,62-,63-,64-,65-,66+,67-,71-,72+,73+,74-/m0/s1. The van der Waals surface area contributed by atoms with Crippen LogP contribution in [0.25, 0.3) is 0 Å². The molecule has 37 nitrogen and oxygen atoms in total. The first-order chi connectivity index (χ1) is 52.1. The predicted molar refractivity (Wildman–Crippen MR) is 366 cm³/mol. The van der Waals surface area contributed by atoms with E-state index < -0.39 is 295 Å². The van der Waals surface area contributed by atoms with Crippen LogP contribution in [-0.2, 0) is 80.6 Å². The lowest BCUT2D eigenvalue weighted by Crippen LogP contribution is -2.67. The number of carbonyl (C=O) groups is 1. The summed E-state index contributed by atoms with van der Waals surface area (Å²) in [6.07, 6.45) is -52.2. The van der Waals surface area contributed by atoms with Crippen molar-refractivity contribution in [1.29, 1.82) is 0 Å². The van der Waals surface area contributed by atoms with Crippen LogP contribution < -0.4 is 0 Å². The lowest BCUT2D eigenvalue weighted by molar-refractivity contribution is -0.381. The number of esters is 1. The maximum absolute atomic E-state index is 16.0. The lowest BCUT2D eigenvalue weighted by atomic mass is 9.33. The van der Waals surface area contributed by atoms with E-state index in [4.69, 9.17) is 75.8 Å². The number of allylic oxidation sites excluding steroid dienone is 2. The van der Waals surface area contributed by atoms with Crippen LogP contribution in [0.2, 0.25) is 0 Å². The largest absolute Gasteiger partial charge is 0.432 e. The fourth-order valence-corrected chi connectivity index (χ4v) is 21.0. The van der Waals surface area contributed by atoms with Crippen molar-refractivity contribution in [2.24, 2.45) is 50.2 Å². The van der Waals surface area contributed by atoms with Crippen molar-refractivity contribution < 1.29 is 183 Å². The highest BCUT2D eigenvalue weighted by atomic mass is 16.8. The van der Waals surface area contributed by atoms with Crippen molar-refractivity contribution in [2.45, 2.75) is 354 Å². The molecule has 8 aliphatic heterocycles. The SMILES string of the molecule is C[C@@H]1O[C@@H](OC[C@H]2O[C@@H](OC(=O)[C@]34CCC(C)(C)C[C@H]3C3=CC[C@@H]5[C@@]6(C)CC[C@H](O[C@@H]7O[C@H](CO[C@H]8OC[C@@H](O)[C@H](O)[C@@H]8O[C@@H]8OC[C@@H](O)[C@H](O)[C@H]8O)[C@@H](O)[C@H](O)[C@H]7O)C(C)(C)[C@@H]6CC[C@@]5(C)[C@]3(C)CC4)[C@H](O[C@@H]3O[C@@H](C)[C@H](O[C@@H]4OC[C@@H](O)[C@H](O[C@@H]5OC[C@@H](O)[C@H](O)[C@H]5O)[C@H]4O)[C@H](O)[C@H]3O)[C@@H](O)[C@@H]2O)[C@H](O)[C@H](O)[C@H]1O. The average molecular weight is 1600 g/mol. The first-order valence-corrected chi connectivity index (χ1v) is 39.2. The van der Waals surface area contributed by atoms with Crippen molar-refractivity contribution in [3.63, 3.8) is 0 Å². The predicted octanol–water partition coefficient (Wildman–Crippen LogP) is -6.13. The van der Waals surface area contributed by atoms with Crippen LogP contribution in [0.1, 0.15) is 127 Å². The quantitative estimate of drug-likeness (QED) is 0.0345. The molecule has 0 bridgehead atoms. The molecule has 0 aromatic heterocycles. The first kappa shape index (κ1) is 86.7. The molecule has 5 aliphatic carbocycles. The Hall–Kier alpha value is -2.19. The molecule has 0 spiro atoms. The van der Waals surface area contributed by atoms with E-state index in [9.17, 15) is 102 Å². The second kappa shape index (κ2) is 33.1. The van der Waals surface area contributed by atoms with Gasteiger partial charge in [-0.3, -0.25) is 4.79 Å². The number of hydrogen-bond acceptors (Lipinski definition) is 37. The van der Waals surface area contributed by atoms with Crippen LogP contribution in [0.3, 0.4) is 0 Å². The van der Waals surface area contributed by atoms with E-state index in [1.807, 2.05) is 0 Å². The minimum Gasteiger partial charge on any atom is -0.432 e. The topological polar surface area (TPSA) is 569 Å². The summed E-state index contributed by atoms with van der Waals surface area (Å²) in [5, 5.41) is 220. The zero-order chi connectivity index (χ0) is 80.6. The molecule has 0 aromatic carbocycles. The fraction of sp³-hybridized carbons (Fsp3) is 0.959. The zero-order valence-electron chi connectivity index (χ0n) is 63.9. The molecule has 0 radical (unpaired) electrons. The molecule has 0 amide bonds. The molecule has 0 unspecified atom stereocenters. The normalized spacial score (nSPS) is 54.8. The van der Waals surface area contributed by atoms with E-state index in [0.29, 0.717) is 51.4 Å². The molecule has 13 aliphatic rings. The van der Waals surface area contributed by atoms with E-state index in [-0.39, 0.29) is 28.1 Å². The molecule has 12 fully saturated rings. The van der Waals surface area contributed by atoms with E-state index >= 15 is 4.79 Å². The van der Waals surface area contributed by atoms with Gasteiger partial charge in [-0.25, -0.2) is 0 Å². The second-order valence-corrected chi connectivity index (χ2v) is 35.8. The Morgan fingerprint density at radius 1 is 0.405 bits per heavy atom. The van der Waals surface area contributed by atoms with E-state index in [1.54, 1.807) is 0 Å². The third-order valence-electron chi connectivity index (χ3n) is 28.2. The lowest BCUT2D eigenvalue weighted by Gasteiger charge is -2.71. The van der Waals surface area contributed by atoms with Crippen molar-refractivity contribution in [1.82, 2.24) is 0 Å². The molecule has 4 saturated carbocycles. The smallest absolute Gasteiger partial charge is 0.315 e. The number of rotatable bonds is 18. The molecule has 0 aromatic rings. The summed E-state index contributed by atoms with van der Waals surface area (Å²) in [5.41, 5.74) is -2.12. The molecule has 44 atom stereocenters. The van der Waals surface area contributed by atoms with Crippen molar-refractivity contribution in [3.8, 4) is 0 Å². The van der Waals surface area contributed by atoms with Crippen LogP contribution in [0.5, 0.6) is 0 Å². The van der Waals surface area contributed by atoms with E-state index in [2.05, 4.69) is 54.5 Å². The van der Waals surface area contributed by atoms with Gasteiger partial charge in [-0.15, -0.1) is 0 Å². The number of fused-ring (bicyclic) bond motifs is 7. The molecule has 8 heterocycles. The van der Waals surface area contributed by atoms with Crippen molar-refractivity contribution >= 4 is 5.97 Å². The minimum absolute atomic E-state index is 0.0310. The van der Waals surface area contributed by atoms with Crippen LogP contribution in [0, 0.1) is 50.2 Å².